The largest absolute Gasteiger partial charge is 0.367 e. The van der Waals surface area contributed by atoms with Gasteiger partial charge in [-0.05, 0) is 37.8 Å². The number of fused-ring (bicyclic) bond motifs is 1. The Balaban J connectivity index is 1.79. The van der Waals surface area contributed by atoms with E-state index in [1.165, 1.54) is 59.7 Å². The van der Waals surface area contributed by atoms with Crippen molar-refractivity contribution in [3.8, 4) is 11.1 Å². The summed E-state index contributed by atoms with van der Waals surface area (Å²) in [5.41, 5.74) is 5.15. The molecule has 2 aromatic heterocycles. The first-order chi connectivity index (χ1) is 11.7. The molecule has 3 aromatic rings. The van der Waals surface area contributed by atoms with Crippen LogP contribution in [-0.4, -0.2) is 16.0 Å². The van der Waals surface area contributed by atoms with Gasteiger partial charge >= 0.3 is 0 Å². The van der Waals surface area contributed by atoms with E-state index in [9.17, 15) is 0 Å². The SMILES string of the molecule is Cc1ccc(-c2csc3ncnc(NC4CCCCC4)c23)c(C)c1. The molecule has 0 radical (unpaired) electrons. The molecular formula is C20H23N3S. The molecule has 0 saturated heterocycles. The normalized spacial score (nSPS) is 15.8. The van der Waals surface area contributed by atoms with Crippen LogP contribution in [0.4, 0.5) is 5.82 Å². The number of thiophene rings is 1. The zero-order valence-electron chi connectivity index (χ0n) is 14.3. The lowest BCUT2D eigenvalue weighted by Gasteiger charge is -2.23. The van der Waals surface area contributed by atoms with Crippen LogP contribution in [0, 0.1) is 13.8 Å². The van der Waals surface area contributed by atoms with Crippen molar-refractivity contribution >= 4 is 27.4 Å². The Morgan fingerprint density at radius 1 is 1.04 bits per heavy atom. The molecule has 0 atom stereocenters. The molecule has 1 aliphatic carbocycles. The lowest BCUT2D eigenvalue weighted by molar-refractivity contribution is 0.462. The summed E-state index contributed by atoms with van der Waals surface area (Å²) in [7, 11) is 0. The molecule has 1 N–H and O–H groups in total. The van der Waals surface area contributed by atoms with Crippen LogP contribution in [-0.2, 0) is 0 Å². The quantitative estimate of drug-likeness (QED) is 0.664. The maximum Gasteiger partial charge on any atom is 0.139 e. The predicted molar refractivity (Wildman–Crippen MR) is 103 cm³/mol. The monoisotopic (exact) mass is 337 g/mol. The van der Waals surface area contributed by atoms with E-state index in [1.807, 2.05) is 0 Å². The highest BCUT2D eigenvalue weighted by Gasteiger charge is 2.18. The standard InChI is InChI=1S/C20H23N3S/c1-13-8-9-16(14(2)10-13)17-11-24-20-18(17)19(21-12-22-20)23-15-6-4-3-5-7-15/h8-12,15H,3-7H2,1-2H3,(H,21,22,23). The molecule has 0 amide bonds. The van der Waals surface area contributed by atoms with Crippen molar-refractivity contribution in [2.24, 2.45) is 0 Å². The second kappa shape index (κ2) is 6.52. The summed E-state index contributed by atoms with van der Waals surface area (Å²) in [5.74, 6) is 1.00. The summed E-state index contributed by atoms with van der Waals surface area (Å²) >= 11 is 1.71. The average molecular weight is 337 g/mol. The molecule has 4 heteroatoms. The van der Waals surface area contributed by atoms with E-state index >= 15 is 0 Å². The molecule has 1 aliphatic rings. The summed E-state index contributed by atoms with van der Waals surface area (Å²) in [6.07, 6.45) is 8.18. The Hall–Kier alpha value is -1.94. The van der Waals surface area contributed by atoms with Crippen molar-refractivity contribution in [2.45, 2.75) is 52.0 Å². The van der Waals surface area contributed by atoms with Gasteiger partial charge in [-0.25, -0.2) is 9.97 Å². The molecule has 1 saturated carbocycles. The number of hydrogen-bond acceptors (Lipinski definition) is 4. The van der Waals surface area contributed by atoms with E-state index in [1.54, 1.807) is 17.7 Å². The molecule has 24 heavy (non-hydrogen) atoms. The van der Waals surface area contributed by atoms with Crippen LogP contribution in [0.1, 0.15) is 43.2 Å². The summed E-state index contributed by atoms with van der Waals surface area (Å²) in [5, 5.41) is 7.11. The van der Waals surface area contributed by atoms with Gasteiger partial charge in [-0.1, -0.05) is 43.0 Å². The fourth-order valence-electron chi connectivity index (χ4n) is 3.74. The van der Waals surface area contributed by atoms with Crippen LogP contribution in [0.5, 0.6) is 0 Å². The molecule has 0 unspecified atom stereocenters. The van der Waals surface area contributed by atoms with E-state index in [-0.39, 0.29) is 0 Å². The minimum absolute atomic E-state index is 0.545. The van der Waals surface area contributed by atoms with Crippen molar-refractivity contribution in [1.29, 1.82) is 0 Å². The third kappa shape index (κ3) is 2.91. The molecule has 4 rings (SSSR count). The number of benzene rings is 1. The number of hydrogen-bond donors (Lipinski definition) is 1. The van der Waals surface area contributed by atoms with E-state index < -0.39 is 0 Å². The molecule has 1 fully saturated rings. The van der Waals surface area contributed by atoms with Gasteiger partial charge in [0.15, 0.2) is 0 Å². The number of nitrogens with one attached hydrogen (secondary N) is 1. The highest BCUT2D eigenvalue weighted by atomic mass is 32.1. The minimum Gasteiger partial charge on any atom is -0.367 e. The maximum absolute atomic E-state index is 4.59. The summed E-state index contributed by atoms with van der Waals surface area (Å²) in [4.78, 5) is 10.2. The van der Waals surface area contributed by atoms with Crippen LogP contribution >= 0.6 is 11.3 Å². The number of aryl methyl sites for hydroxylation is 2. The second-order valence-corrected chi connectivity index (χ2v) is 7.71. The highest BCUT2D eigenvalue weighted by molar-refractivity contribution is 7.17. The van der Waals surface area contributed by atoms with Crippen LogP contribution in [0.2, 0.25) is 0 Å². The molecule has 2 heterocycles. The molecule has 124 valence electrons. The van der Waals surface area contributed by atoms with Crippen molar-refractivity contribution in [2.75, 3.05) is 5.32 Å². The van der Waals surface area contributed by atoms with Crippen molar-refractivity contribution in [1.82, 2.24) is 9.97 Å². The van der Waals surface area contributed by atoms with Gasteiger partial charge in [0.05, 0.1) is 5.39 Å². The Kier molecular flexibility index (Phi) is 4.23. The van der Waals surface area contributed by atoms with Crippen molar-refractivity contribution < 1.29 is 0 Å². The van der Waals surface area contributed by atoms with Crippen LogP contribution < -0.4 is 5.32 Å². The number of rotatable bonds is 3. The second-order valence-electron chi connectivity index (χ2n) is 6.85. The topological polar surface area (TPSA) is 37.8 Å². The van der Waals surface area contributed by atoms with Crippen LogP contribution in [0.3, 0.4) is 0 Å². The first kappa shape index (κ1) is 15.6. The molecule has 1 aromatic carbocycles. The highest BCUT2D eigenvalue weighted by Crippen LogP contribution is 2.38. The average Bonchev–Trinajstić information content (AvgIpc) is 3.01. The Morgan fingerprint density at radius 2 is 1.88 bits per heavy atom. The summed E-state index contributed by atoms with van der Waals surface area (Å²) in [6.45, 7) is 4.32. The number of aromatic nitrogens is 2. The Morgan fingerprint density at radius 3 is 2.67 bits per heavy atom. The number of nitrogens with zero attached hydrogens (tertiary/aromatic N) is 2. The van der Waals surface area contributed by atoms with E-state index in [0.717, 1.165) is 10.6 Å². The van der Waals surface area contributed by atoms with Gasteiger partial charge < -0.3 is 5.32 Å². The van der Waals surface area contributed by atoms with Gasteiger partial charge in [-0.2, -0.15) is 0 Å². The lowest BCUT2D eigenvalue weighted by Crippen LogP contribution is -2.22. The smallest absolute Gasteiger partial charge is 0.139 e. The molecular weight excluding hydrogens is 314 g/mol. The van der Waals surface area contributed by atoms with Gasteiger partial charge in [0.2, 0.25) is 0 Å². The van der Waals surface area contributed by atoms with Gasteiger partial charge in [0, 0.05) is 17.0 Å². The summed E-state index contributed by atoms with van der Waals surface area (Å²) < 4.78 is 0. The Bertz CT molecular complexity index is 862. The molecule has 3 nitrogen and oxygen atoms in total. The van der Waals surface area contributed by atoms with Gasteiger partial charge in [0.1, 0.15) is 17.0 Å². The van der Waals surface area contributed by atoms with E-state index in [2.05, 4.69) is 52.7 Å². The third-order valence-corrected chi connectivity index (χ3v) is 5.87. The third-order valence-electron chi connectivity index (χ3n) is 4.99. The fourth-order valence-corrected chi connectivity index (χ4v) is 4.65. The molecule has 0 bridgehead atoms. The summed E-state index contributed by atoms with van der Waals surface area (Å²) in [6, 6.07) is 7.20. The van der Waals surface area contributed by atoms with E-state index in [0.29, 0.717) is 6.04 Å². The van der Waals surface area contributed by atoms with Crippen LogP contribution in [0.25, 0.3) is 21.3 Å². The predicted octanol–water partition coefficient (Wildman–Crippen LogP) is 5.72. The van der Waals surface area contributed by atoms with Crippen molar-refractivity contribution in [3.05, 3.63) is 41.0 Å². The van der Waals surface area contributed by atoms with Crippen molar-refractivity contribution in [3.63, 3.8) is 0 Å². The van der Waals surface area contributed by atoms with Gasteiger partial charge in [-0.15, -0.1) is 11.3 Å². The zero-order valence-corrected chi connectivity index (χ0v) is 15.1. The first-order valence-electron chi connectivity index (χ1n) is 8.79. The fraction of sp³-hybridized carbons (Fsp3) is 0.400. The first-order valence-corrected chi connectivity index (χ1v) is 9.66. The Labute approximate surface area is 147 Å². The zero-order chi connectivity index (χ0) is 16.5. The van der Waals surface area contributed by atoms with E-state index in [4.69, 9.17) is 0 Å². The number of anilines is 1. The lowest BCUT2D eigenvalue weighted by atomic mass is 9.95. The van der Waals surface area contributed by atoms with Gasteiger partial charge in [-0.3, -0.25) is 0 Å². The molecule has 0 spiro atoms. The minimum atomic E-state index is 0.545. The molecule has 0 aliphatic heterocycles. The van der Waals surface area contributed by atoms with Crippen LogP contribution in [0.15, 0.2) is 29.9 Å². The maximum atomic E-state index is 4.59. The van der Waals surface area contributed by atoms with Gasteiger partial charge in [0.25, 0.3) is 0 Å².